The van der Waals surface area contributed by atoms with Crippen LogP contribution in [0.5, 0.6) is 0 Å². The fourth-order valence-corrected chi connectivity index (χ4v) is 3.77. The van der Waals surface area contributed by atoms with E-state index in [1.165, 1.54) is 0 Å². The lowest BCUT2D eigenvalue weighted by Crippen LogP contribution is -2.26. The molecule has 1 amide bonds. The van der Waals surface area contributed by atoms with E-state index in [0.29, 0.717) is 10.6 Å². The van der Waals surface area contributed by atoms with Gasteiger partial charge in [0, 0.05) is 26.3 Å². The third-order valence-electron chi connectivity index (χ3n) is 4.13. The van der Waals surface area contributed by atoms with Gasteiger partial charge in [-0.3, -0.25) is 4.79 Å². The van der Waals surface area contributed by atoms with Gasteiger partial charge < -0.3 is 5.32 Å². The van der Waals surface area contributed by atoms with Crippen LogP contribution in [-0.4, -0.2) is 5.91 Å². The van der Waals surface area contributed by atoms with Gasteiger partial charge in [0.15, 0.2) is 0 Å². The summed E-state index contributed by atoms with van der Waals surface area (Å²) in [5, 5.41) is 4.41. The first-order valence-corrected chi connectivity index (χ1v) is 10.3. The number of amides is 1. The van der Waals surface area contributed by atoms with E-state index in [2.05, 4.69) is 5.32 Å². The standard InChI is InChI=1S/C22H19Cl2NOS/c1-15(18-3-2-4-20(24)13-18)25-22(26)17-7-5-16(6-8-17)14-27-21-11-9-19(23)10-12-21/h2-13,15H,14H2,1H3,(H,25,26)/t15-/m1/s1. The first-order valence-electron chi connectivity index (χ1n) is 8.55. The lowest BCUT2D eigenvalue weighted by Gasteiger charge is -2.15. The predicted octanol–water partition coefficient (Wildman–Crippen LogP) is 6.78. The molecule has 0 saturated heterocycles. The second kappa shape index (κ2) is 9.32. The van der Waals surface area contributed by atoms with Crippen molar-refractivity contribution in [2.45, 2.75) is 23.6 Å². The van der Waals surface area contributed by atoms with Crippen molar-refractivity contribution >= 4 is 40.9 Å². The van der Waals surface area contributed by atoms with Crippen molar-refractivity contribution in [1.29, 1.82) is 0 Å². The van der Waals surface area contributed by atoms with E-state index in [4.69, 9.17) is 23.2 Å². The molecule has 3 aromatic carbocycles. The normalized spacial score (nSPS) is 11.8. The van der Waals surface area contributed by atoms with Crippen molar-refractivity contribution in [3.63, 3.8) is 0 Å². The summed E-state index contributed by atoms with van der Waals surface area (Å²) in [4.78, 5) is 13.6. The quantitative estimate of drug-likeness (QED) is 0.449. The van der Waals surface area contributed by atoms with Crippen molar-refractivity contribution < 1.29 is 4.79 Å². The number of carbonyl (C=O) groups excluding carboxylic acids is 1. The van der Waals surface area contributed by atoms with Crippen molar-refractivity contribution in [2.24, 2.45) is 0 Å². The minimum Gasteiger partial charge on any atom is -0.346 e. The number of hydrogen-bond acceptors (Lipinski definition) is 2. The molecule has 27 heavy (non-hydrogen) atoms. The number of carbonyl (C=O) groups is 1. The van der Waals surface area contributed by atoms with Crippen LogP contribution in [0, 0.1) is 0 Å². The van der Waals surface area contributed by atoms with Gasteiger partial charge in [-0.15, -0.1) is 11.8 Å². The van der Waals surface area contributed by atoms with Crippen molar-refractivity contribution in [3.8, 4) is 0 Å². The minimum atomic E-state index is -0.115. The van der Waals surface area contributed by atoms with Gasteiger partial charge in [0.05, 0.1) is 6.04 Å². The van der Waals surface area contributed by atoms with E-state index in [1.807, 2.05) is 79.7 Å². The van der Waals surface area contributed by atoms with Crippen LogP contribution in [0.1, 0.15) is 34.5 Å². The summed E-state index contributed by atoms with van der Waals surface area (Å²) in [5.74, 6) is 0.738. The van der Waals surface area contributed by atoms with Crippen molar-refractivity contribution in [3.05, 3.63) is 99.5 Å². The highest BCUT2D eigenvalue weighted by molar-refractivity contribution is 7.98. The van der Waals surface area contributed by atoms with Gasteiger partial charge in [0.1, 0.15) is 0 Å². The molecule has 0 bridgehead atoms. The van der Waals surface area contributed by atoms with Crippen LogP contribution in [0.3, 0.4) is 0 Å². The molecule has 0 heterocycles. The second-order valence-corrected chi connectivity index (χ2v) is 8.11. The van der Waals surface area contributed by atoms with Gasteiger partial charge in [-0.1, -0.05) is 47.5 Å². The third kappa shape index (κ3) is 5.77. The minimum absolute atomic E-state index is 0.0978. The Labute approximate surface area is 173 Å². The largest absolute Gasteiger partial charge is 0.346 e. The lowest BCUT2D eigenvalue weighted by molar-refractivity contribution is 0.0940. The summed E-state index contributed by atoms with van der Waals surface area (Å²) in [5.41, 5.74) is 2.78. The summed E-state index contributed by atoms with van der Waals surface area (Å²) in [6, 6.07) is 22.9. The highest BCUT2D eigenvalue weighted by Crippen LogP contribution is 2.24. The van der Waals surface area contributed by atoms with E-state index in [-0.39, 0.29) is 11.9 Å². The highest BCUT2D eigenvalue weighted by Gasteiger charge is 2.11. The molecule has 5 heteroatoms. The Morgan fingerprint density at radius 2 is 1.67 bits per heavy atom. The van der Waals surface area contributed by atoms with Gasteiger partial charge in [0.2, 0.25) is 0 Å². The predicted molar refractivity (Wildman–Crippen MR) is 115 cm³/mol. The molecule has 0 aromatic heterocycles. The molecule has 0 spiro atoms. The fourth-order valence-electron chi connectivity index (χ4n) is 2.59. The highest BCUT2D eigenvalue weighted by atomic mass is 35.5. The first-order chi connectivity index (χ1) is 13.0. The number of rotatable bonds is 6. The lowest BCUT2D eigenvalue weighted by atomic mass is 10.1. The number of benzene rings is 3. The van der Waals surface area contributed by atoms with Crippen molar-refractivity contribution in [2.75, 3.05) is 0 Å². The first kappa shape index (κ1) is 19.8. The Morgan fingerprint density at radius 3 is 2.33 bits per heavy atom. The van der Waals surface area contributed by atoms with Gasteiger partial charge in [-0.25, -0.2) is 0 Å². The van der Waals surface area contributed by atoms with Crippen LogP contribution >= 0.6 is 35.0 Å². The summed E-state index contributed by atoms with van der Waals surface area (Å²) in [6.07, 6.45) is 0. The topological polar surface area (TPSA) is 29.1 Å². The Hall–Kier alpha value is -1.94. The molecular formula is C22H19Cl2NOS. The monoisotopic (exact) mass is 415 g/mol. The summed E-state index contributed by atoms with van der Waals surface area (Å²) >= 11 is 13.7. The van der Waals surface area contributed by atoms with Crippen LogP contribution in [0.15, 0.2) is 77.7 Å². The van der Waals surface area contributed by atoms with Gasteiger partial charge >= 0.3 is 0 Å². The number of thioether (sulfide) groups is 1. The van der Waals surface area contributed by atoms with Gasteiger partial charge in [0.25, 0.3) is 5.91 Å². The summed E-state index contributed by atoms with van der Waals surface area (Å²) < 4.78 is 0. The Kier molecular flexibility index (Phi) is 6.84. The fraction of sp³-hybridized carbons (Fsp3) is 0.136. The Bertz CT molecular complexity index is 910. The van der Waals surface area contributed by atoms with E-state index in [1.54, 1.807) is 11.8 Å². The number of halogens is 2. The van der Waals surface area contributed by atoms with Crippen LogP contribution in [0.4, 0.5) is 0 Å². The molecule has 0 unspecified atom stereocenters. The molecule has 1 atom stereocenters. The maximum absolute atomic E-state index is 12.5. The van der Waals surface area contributed by atoms with Gasteiger partial charge in [-0.2, -0.15) is 0 Å². The van der Waals surface area contributed by atoms with Crippen LogP contribution < -0.4 is 5.32 Å². The second-order valence-electron chi connectivity index (χ2n) is 6.19. The van der Waals surface area contributed by atoms with Crippen LogP contribution in [0.2, 0.25) is 10.0 Å². The average molecular weight is 416 g/mol. The van der Waals surface area contributed by atoms with E-state index < -0.39 is 0 Å². The molecule has 0 aliphatic rings. The molecule has 2 nitrogen and oxygen atoms in total. The summed E-state index contributed by atoms with van der Waals surface area (Å²) in [6.45, 7) is 1.95. The molecule has 0 aliphatic heterocycles. The Balaban J connectivity index is 1.57. The SMILES string of the molecule is C[C@@H](NC(=O)c1ccc(CSc2ccc(Cl)cc2)cc1)c1cccc(Cl)c1. The molecule has 0 fully saturated rings. The van der Waals surface area contributed by atoms with E-state index in [0.717, 1.165) is 26.8 Å². The average Bonchev–Trinajstić information content (AvgIpc) is 2.68. The zero-order valence-electron chi connectivity index (χ0n) is 14.8. The Morgan fingerprint density at radius 1 is 0.963 bits per heavy atom. The molecule has 3 rings (SSSR count). The zero-order valence-corrected chi connectivity index (χ0v) is 17.1. The van der Waals surface area contributed by atoms with Gasteiger partial charge in [-0.05, 0) is 66.6 Å². The molecule has 0 aliphatic carbocycles. The smallest absolute Gasteiger partial charge is 0.251 e. The summed E-state index contributed by atoms with van der Waals surface area (Å²) in [7, 11) is 0. The molecule has 3 aromatic rings. The maximum Gasteiger partial charge on any atom is 0.251 e. The molecule has 1 N–H and O–H groups in total. The van der Waals surface area contributed by atoms with Crippen molar-refractivity contribution in [1.82, 2.24) is 5.32 Å². The van der Waals surface area contributed by atoms with Crippen LogP contribution in [0.25, 0.3) is 0 Å². The van der Waals surface area contributed by atoms with Crippen LogP contribution in [-0.2, 0) is 5.75 Å². The molecule has 0 radical (unpaired) electrons. The maximum atomic E-state index is 12.5. The number of nitrogens with one attached hydrogen (secondary N) is 1. The number of hydrogen-bond donors (Lipinski definition) is 1. The zero-order chi connectivity index (χ0) is 19.2. The molecule has 138 valence electrons. The third-order valence-corrected chi connectivity index (χ3v) is 5.70. The molecular weight excluding hydrogens is 397 g/mol. The van der Waals surface area contributed by atoms with E-state index >= 15 is 0 Å². The molecule has 0 saturated carbocycles. The van der Waals surface area contributed by atoms with E-state index in [9.17, 15) is 4.79 Å².